The number of phenolic OH excluding ortho intramolecular Hbond substituents is 1. The normalized spacial score (nSPS) is 13.7. The summed E-state index contributed by atoms with van der Waals surface area (Å²) in [5, 5.41) is 11.6. The van der Waals surface area contributed by atoms with Crippen molar-refractivity contribution < 1.29 is 14.7 Å². The second kappa shape index (κ2) is 6.02. The Bertz CT molecular complexity index is 429. The van der Waals surface area contributed by atoms with Gasteiger partial charge in [0.15, 0.2) is 0 Å². The van der Waals surface area contributed by atoms with Crippen LogP contribution in [0.2, 0.25) is 0 Å². The summed E-state index contributed by atoms with van der Waals surface area (Å²) in [4.78, 5) is 22.7. The fourth-order valence-electron chi connectivity index (χ4n) is 1.39. The number of amides is 2. The monoisotopic (exact) mass is 251 g/mol. The number of nitrogens with two attached hydrogens (primary N) is 2. The Hall–Kier alpha value is -2.08. The van der Waals surface area contributed by atoms with Crippen LogP contribution in [0.15, 0.2) is 24.3 Å². The maximum Gasteiger partial charge on any atom is 0.240 e. The highest BCUT2D eigenvalue weighted by Gasteiger charge is 2.20. The summed E-state index contributed by atoms with van der Waals surface area (Å²) < 4.78 is 0. The largest absolute Gasteiger partial charge is 0.508 e. The molecule has 2 unspecified atom stereocenters. The SMILES string of the molecule is CC(N)C(=O)NC(Cc1ccc(O)cc1)C(N)=O. The van der Waals surface area contributed by atoms with Crippen LogP contribution in [-0.4, -0.2) is 29.0 Å². The number of hydrogen-bond acceptors (Lipinski definition) is 4. The zero-order valence-electron chi connectivity index (χ0n) is 10.1. The van der Waals surface area contributed by atoms with Crippen molar-refractivity contribution in [1.29, 1.82) is 0 Å². The van der Waals surface area contributed by atoms with E-state index in [0.717, 1.165) is 5.56 Å². The fraction of sp³-hybridized carbons (Fsp3) is 0.333. The van der Waals surface area contributed by atoms with Gasteiger partial charge in [-0.25, -0.2) is 0 Å². The van der Waals surface area contributed by atoms with Gasteiger partial charge in [-0.2, -0.15) is 0 Å². The Balaban J connectivity index is 2.72. The molecule has 1 aromatic carbocycles. The molecule has 0 aromatic heterocycles. The summed E-state index contributed by atoms with van der Waals surface area (Å²) in [5.41, 5.74) is 11.4. The number of nitrogens with one attached hydrogen (secondary N) is 1. The lowest BCUT2D eigenvalue weighted by atomic mass is 10.0. The first kappa shape index (κ1) is 14.0. The molecule has 0 radical (unpaired) electrons. The third-order valence-corrected chi connectivity index (χ3v) is 2.45. The van der Waals surface area contributed by atoms with Crippen molar-refractivity contribution in [1.82, 2.24) is 5.32 Å². The van der Waals surface area contributed by atoms with Gasteiger partial charge in [-0.15, -0.1) is 0 Å². The number of aromatic hydroxyl groups is 1. The van der Waals surface area contributed by atoms with E-state index in [4.69, 9.17) is 16.6 Å². The second-order valence-corrected chi connectivity index (χ2v) is 4.12. The minimum absolute atomic E-state index is 0.133. The molecule has 0 fully saturated rings. The number of benzene rings is 1. The van der Waals surface area contributed by atoms with Crippen molar-refractivity contribution in [2.45, 2.75) is 25.4 Å². The Kier molecular flexibility index (Phi) is 4.67. The molecule has 1 rings (SSSR count). The average molecular weight is 251 g/mol. The molecule has 6 N–H and O–H groups in total. The van der Waals surface area contributed by atoms with Crippen molar-refractivity contribution in [3.05, 3.63) is 29.8 Å². The molecule has 1 aromatic rings. The summed E-state index contributed by atoms with van der Waals surface area (Å²) in [6, 6.07) is 4.80. The van der Waals surface area contributed by atoms with Gasteiger partial charge in [0, 0.05) is 6.42 Å². The molecule has 0 heterocycles. The molecule has 6 heteroatoms. The standard InChI is InChI=1S/C12H17N3O3/c1-7(13)12(18)15-10(11(14)17)6-8-2-4-9(16)5-3-8/h2-5,7,10,16H,6,13H2,1H3,(H2,14,17)(H,15,18). The number of carbonyl (C=O) groups is 2. The van der Waals surface area contributed by atoms with E-state index in [1.165, 1.54) is 19.1 Å². The summed E-state index contributed by atoms with van der Waals surface area (Å²) in [6.45, 7) is 1.52. The molecule has 0 aliphatic carbocycles. The van der Waals surface area contributed by atoms with E-state index in [1.54, 1.807) is 12.1 Å². The van der Waals surface area contributed by atoms with E-state index in [2.05, 4.69) is 5.32 Å². The topological polar surface area (TPSA) is 118 Å². The highest BCUT2D eigenvalue weighted by atomic mass is 16.3. The third-order valence-electron chi connectivity index (χ3n) is 2.45. The third kappa shape index (κ3) is 4.06. The number of phenols is 1. The summed E-state index contributed by atoms with van der Waals surface area (Å²) in [7, 11) is 0. The molecule has 0 saturated carbocycles. The highest BCUT2D eigenvalue weighted by molar-refractivity contribution is 5.88. The van der Waals surface area contributed by atoms with Crippen LogP contribution in [0.3, 0.4) is 0 Å². The molecule has 0 spiro atoms. The van der Waals surface area contributed by atoms with Gasteiger partial charge in [-0.05, 0) is 24.6 Å². The van der Waals surface area contributed by atoms with Crippen LogP contribution in [0.25, 0.3) is 0 Å². The number of rotatable bonds is 5. The van der Waals surface area contributed by atoms with E-state index in [9.17, 15) is 9.59 Å². The van der Waals surface area contributed by atoms with Crippen molar-refractivity contribution in [2.75, 3.05) is 0 Å². The van der Waals surface area contributed by atoms with Crippen LogP contribution in [0.1, 0.15) is 12.5 Å². The summed E-state index contributed by atoms with van der Waals surface area (Å²) in [5.74, 6) is -0.927. The molecule has 18 heavy (non-hydrogen) atoms. The number of primary amides is 1. The van der Waals surface area contributed by atoms with Gasteiger partial charge in [-0.1, -0.05) is 12.1 Å². The van der Waals surface area contributed by atoms with Gasteiger partial charge in [0.1, 0.15) is 11.8 Å². The van der Waals surface area contributed by atoms with Gasteiger partial charge < -0.3 is 21.9 Å². The van der Waals surface area contributed by atoms with Gasteiger partial charge >= 0.3 is 0 Å². The Morgan fingerprint density at radius 2 is 1.89 bits per heavy atom. The van der Waals surface area contributed by atoms with Gasteiger partial charge in [0.25, 0.3) is 0 Å². The Labute approximate surface area is 105 Å². The fourth-order valence-corrected chi connectivity index (χ4v) is 1.39. The first-order chi connectivity index (χ1) is 8.40. The lowest BCUT2D eigenvalue weighted by Gasteiger charge is -2.17. The van der Waals surface area contributed by atoms with Crippen molar-refractivity contribution >= 4 is 11.8 Å². The van der Waals surface area contributed by atoms with Gasteiger partial charge in [-0.3, -0.25) is 9.59 Å². The van der Waals surface area contributed by atoms with E-state index in [-0.39, 0.29) is 12.2 Å². The Morgan fingerprint density at radius 1 is 1.33 bits per heavy atom. The van der Waals surface area contributed by atoms with Crippen LogP contribution >= 0.6 is 0 Å². The maximum absolute atomic E-state index is 11.4. The predicted octanol–water partition coefficient (Wildman–Crippen LogP) is -0.748. The van der Waals surface area contributed by atoms with Gasteiger partial charge in [0.2, 0.25) is 11.8 Å². The molecule has 98 valence electrons. The number of carbonyl (C=O) groups excluding carboxylic acids is 2. The summed E-state index contributed by atoms with van der Waals surface area (Å²) >= 11 is 0. The van der Waals surface area contributed by atoms with E-state index < -0.39 is 23.9 Å². The first-order valence-electron chi connectivity index (χ1n) is 5.53. The molecule has 2 amide bonds. The van der Waals surface area contributed by atoms with E-state index in [1.807, 2.05) is 0 Å². The highest BCUT2D eigenvalue weighted by Crippen LogP contribution is 2.11. The number of hydrogen-bond donors (Lipinski definition) is 4. The smallest absolute Gasteiger partial charge is 0.240 e. The van der Waals surface area contributed by atoms with Crippen molar-refractivity contribution in [3.8, 4) is 5.75 Å². The average Bonchev–Trinajstić information content (AvgIpc) is 2.30. The maximum atomic E-state index is 11.4. The van der Waals surface area contributed by atoms with Gasteiger partial charge in [0.05, 0.1) is 6.04 Å². The zero-order valence-corrected chi connectivity index (χ0v) is 10.1. The summed E-state index contributed by atoms with van der Waals surface area (Å²) in [6.07, 6.45) is 0.258. The predicted molar refractivity (Wildman–Crippen MR) is 66.6 cm³/mol. The molecular formula is C12H17N3O3. The minimum atomic E-state index is -0.812. The van der Waals surface area contributed by atoms with Crippen LogP contribution < -0.4 is 16.8 Å². The van der Waals surface area contributed by atoms with Crippen molar-refractivity contribution in [2.24, 2.45) is 11.5 Å². The molecule has 0 saturated heterocycles. The quantitative estimate of drug-likeness (QED) is 0.550. The molecule has 0 aliphatic heterocycles. The van der Waals surface area contributed by atoms with Crippen LogP contribution in [0, 0.1) is 0 Å². The van der Waals surface area contributed by atoms with Crippen molar-refractivity contribution in [3.63, 3.8) is 0 Å². The van der Waals surface area contributed by atoms with Crippen LogP contribution in [0.4, 0.5) is 0 Å². The Morgan fingerprint density at radius 3 is 2.33 bits per heavy atom. The molecule has 2 atom stereocenters. The molecule has 0 bridgehead atoms. The lowest BCUT2D eigenvalue weighted by Crippen LogP contribution is -2.50. The lowest BCUT2D eigenvalue weighted by molar-refractivity contribution is -0.127. The second-order valence-electron chi connectivity index (χ2n) is 4.12. The minimum Gasteiger partial charge on any atom is -0.508 e. The molecule has 0 aliphatic rings. The zero-order chi connectivity index (χ0) is 13.7. The molecule has 6 nitrogen and oxygen atoms in total. The van der Waals surface area contributed by atoms with E-state index >= 15 is 0 Å². The molecular weight excluding hydrogens is 234 g/mol. The first-order valence-corrected chi connectivity index (χ1v) is 5.53. The van der Waals surface area contributed by atoms with Crippen LogP contribution in [-0.2, 0) is 16.0 Å². The van der Waals surface area contributed by atoms with Crippen LogP contribution in [0.5, 0.6) is 5.75 Å². The van der Waals surface area contributed by atoms with E-state index in [0.29, 0.717) is 0 Å².